The Bertz CT molecular complexity index is 410. The monoisotopic (exact) mass is 249 g/mol. The highest BCUT2D eigenvalue weighted by atomic mass is 16.3. The second-order valence-electron chi connectivity index (χ2n) is 5.73. The Kier molecular flexibility index (Phi) is 3.85. The third kappa shape index (κ3) is 2.48. The lowest BCUT2D eigenvalue weighted by atomic mass is 10.0. The third-order valence-electron chi connectivity index (χ3n) is 3.86. The molecule has 4 nitrogen and oxygen atoms in total. The summed E-state index contributed by atoms with van der Waals surface area (Å²) >= 11 is 0. The van der Waals surface area contributed by atoms with E-state index in [1.807, 2.05) is 6.20 Å². The second-order valence-corrected chi connectivity index (χ2v) is 5.73. The van der Waals surface area contributed by atoms with Crippen molar-refractivity contribution in [2.45, 2.75) is 40.2 Å². The van der Waals surface area contributed by atoms with E-state index in [1.54, 1.807) is 0 Å². The van der Waals surface area contributed by atoms with Gasteiger partial charge in [-0.2, -0.15) is 0 Å². The molecule has 0 spiro atoms. The molecule has 1 aromatic rings. The normalized spacial score (nSPS) is 24.0. The molecule has 0 aromatic carbocycles. The number of anilines is 1. The number of aromatic nitrogens is 2. The Morgan fingerprint density at radius 3 is 2.44 bits per heavy atom. The highest BCUT2D eigenvalue weighted by molar-refractivity contribution is 5.50. The van der Waals surface area contributed by atoms with E-state index in [9.17, 15) is 5.11 Å². The average Bonchev–Trinajstić information content (AvgIpc) is 2.68. The van der Waals surface area contributed by atoms with E-state index in [1.165, 1.54) is 0 Å². The van der Waals surface area contributed by atoms with Crippen molar-refractivity contribution in [3.8, 4) is 0 Å². The molecule has 2 rings (SSSR count). The van der Waals surface area contributed by atoms with E-state index in [4.69, 9.17) is 0 Å². The maximum Gasteiger partial charge on any atom is 0.131 e. The first-order valence-electron chi connectivity index (χ1n) is 6.74. The summed E-state index contributed by atoms with van der Waals surface area (Å²) in [6, 6.07) is 0. The Morgan fingerprint density at radius 2 is 1.94 bits per heavy atom. The van der Waals surface area contributed by atoms with Crippen LogP contribution in [0.4, 0.5) is 5.69 Å². The molecular formula is C14H23N3O. The zero-order valence-electron chi connectivity index (χ0n) is 11.7. The lowest BCUT2D eigenvalue weighted by Gasteiger charge is -2.21. The van der Waals surface area contributed by atoms with Gasteiger partial charge in [0.15, 0.2) is 0 Å². The summed E-state index contributed by atoms with van der Waals surface area (Å²) in [5.41, 5.74) is 1.76. The van der Waals surface area contributed by atoms with Gasteiger partial charge in [-0.15, -0.1) is 0 Å². The lowest BCUT2D eigenvalue weighted by Crippen LogP contribution is -2.22. The zero-order chi connectivity index (χ0) is 13.3. The van der Waals surface area contributed by atoms with Crippen molar-refractivity contribution in [2.24, 2.45) is 11.8 Å². The van der Waals surface area contributed by atoms with E-state index in [0.29, 0.717) is 17.8 Å². The molecule has 0 bridgehead atoms. The van der Waals surface area contributed by atoms with Crippen LogP contribution >= 0.6 is 0 Å². The third-order valence-corrected chi connectivity index (χ3v) is 3.86. The van der Waals surface area contributed by atoms with Crippen LogP contribution in [0.15, 0.2) is 6.20 Å². The van der Waals surface area contributed by atoms with Gasteiger partial charge in [-0.05, 0) is 11.8 Å². The van der Waals surface area contributed by atoms with Gasteiger partial charge >= 0.3 is 0 Å². The molecule has 0 amide bonds. The predicted octanol–water partition coefficient (Wildman–Crippen LogP) is 2.18. The maximum atomic E-state index is 9.50. The van der Waals surface area contributed by atoms with Crippen LogP contribution in [0.25, 0.3) is 0 Å². The first kappa shape index (κ1) is 13.3. The minimum atomic E-state index is -0.0170. The number of hydrogen-bond donors (Lipinski definition) is 1. The second kappa shape index (κ2) is 5.22. The van der Waals surface area contributed by atoms with Crippen LogP contribution in [-0.4, -0.2) is 28.2 Å². The summed E-state index contributed by atoms with van der Waals surface area (Å²) in [6.07, 6.45) is 1.87. The van der Waals surface area contributed by atoms with Crippen LogP contribution in [0.2, 0.25) is 0 Å². The van der Waals surface area contributed by atoms with Gasteiger partial charge in [0.05, 0.1) is 24.2 Å². The molecule has 4 heteroatoms. The minimum Gasteiger partial charge on any atom is -0.390 e. The van der Waals surface area contributed by atoms with Gasteiger partial charge in [0.25, 0.3) is 0 Å². The van der Waals surface area contributed by atoms with Gasteiger partial charge in [-0.1, -0.05) is 27.7 Å². The molecule has 100 valence electrons. The topological polar surface area (TPSA) is 49.2 Å². The number of aliphatic hydroxyl groups excluding tert-OH is 1. The fourth-order valence-corrected chi connectivity index (χ4v) is 2.41. The van der Waals surface area contributed by atoms with Crippen molar-refractivity contribution in [2.75, 3.05) is 18.0 Å². The SMILES string of the molecule is CC(C)c1ncc(N2CC(C)C(C)C2)c(CO)n1. The number of hydrogen-bond acceptors (Lipinski definition) is 4. The Hall–Kier alpha value is -1.16. The molecule has 1 aliphatic heterocycles. The lowest BCUT2D eigenvalue weighted by molar-refractivity contribution is 0.276. The average molecular weight is 249 g/mol. The molecule has 0 saturated carbocycles. The molecule has 2 unspecified atom stereocenters. The van der Waals surface area contributed by atoms with Crippen molar-refractivity contribution < 1.29 is 5.11 Å². The molecule has 0 radical (unpaired) electrons. The van der Waals surface area contributed by atoms with Crippen LogP contribution < -0.4 is 4.90 Å². The van der Waals surface area contributed by atoms with Crippen LogP contribution in [-0.2, 0) is 6.61 Å². The molecule has 1 aromatic heterocycles. The van der Waals surface area contributed by atoms with E-state index in [2.05, 4.69) is 42.6 Å². The summed E-state index contributed by atoms with van der Waals surface area (Å²) in [5, 5.41) is 9.50. The number of aliphatic hydroxyl groups is 1. The Balaban J connectivity index is 2.28. The van der Waals surface area contributed by atoms with Crippen LogP contribution in [0, 0.1) is 11.8 Å². The Morgan fingerprint density at radius 1 is 1.33 bits per heavy atom. The fourth-order valence-electron chi connectivity index (χ4n) is 2.41. The molecule has 0 aliphatic carbocycles. The number of rotatable bonds is 3. The van der Waals surface area contributed by atoms with Gasteiger partial charge in [0, 0.05) is 19.0 Å². The molecule has 18 heavy (non-hydrogen) atoms. The van der Waals surface area contributed by atoms with E-state index >= 15 is 0 Å². The fraction of sp³-hybridized carbons (Fsp3) is 0.714. The van der Waals surface area contributed by atoms with Gasteiger partial charge < -0.3 is 10.0 Å². The Labute approximate surface area is 109 Å². The van der Waals surface area contributed by atoms with Crippen LogP contribution in [0.1, 0.15) is 45.1 Å². The van der Waals surface area contributed by atoms with E-state index in [-0.39, 0.29) is 6.61 Å². The quantitative estimate of drug-likeness (QED) is 0.892. The van der Waals surface area contributed by atoms with Crippen molar-refractivity contribution in [3.05, 3.63) is 17.7 Å². The van der Waals surface area contributed by atoms with Crippen molar-refractivity contribution in [1.29, 1.82) is 0 Å². The summed E-state index contributed by atoms with van der Waals surface area (Å²) in [5.74, 6) is 2.46. The highest BCUT2D eigenvalue weighted by Crippen LogP contribution is 2.29. The van der Waals surface area contributed by atoms with Crippen molar-refractivity contribution in [3.63, 3.8) is 0 Å². The van der Waals surface area contributed by atoms with E-state index < -0.39 is 0 Å². The van der Waals surface area contributed by atoms with Crippen LogP contribution in [0.3, 0.4) is 0 Å². The summed E-state index contributed by atoms with van der Waals surface area (Å²) in [7, 11) is 0. The van der Waals surface area contributed by atoms with Gasteiger partial charge in [0.2, 0.25) is 0 Å². The minimum absolute atomic E-state index is 0.0170. The smallest absolute Gasteiger partial charge is 0.131 e. The van der Waals surface area contributed by atoms with Gasteiger partial charge in [0.1, 0.15) is 5.82 Å². The molecule has 1 fully saturated rings. The summed E-state index contributed by atoms with van der Waals surface area (Å²) in [6.45, 7) is 10.7. The largest absolute Gasteiger partial charge is 0.390 e. The zero-order valence-corrected chi connectivity index (χ0v) is 11.7. The van der Waals surface area contributed by atoms with Gasteiger partial charge in [-0.25, -0.2) is 9.97 Å². The molecule has 2 atom stereocenters. The maximum absolute atomic E-state index is 9.50. The first-order valence-corrected chi connectivity index (χ1v) is 6.74. The standard InChI is InChI=1S/C14H23N3O/c1-9(2)14-15-5-13(12(8-18)16-14)17-6-10(3)11(4)7-17/h5,9-11,18H,6-8H2,1-4H3. The summed E-state index contributed by atoms with van der Waals surface area (Å²) in [4.78, 5) is 11.2. The molecular weight excluding hydrogens is 226 g/mol. The predicted molar refractivity (Wildman–Crippen MR) is 72.6 cm³/mol. The highest BCUT2D eigenvalue weighted by Gasteiger charge is 2.28. The number of nitrogens with zero attached hydrogens (tertiary/aromatic N) is 3. The van der Waals surface area contributed by atoms with Crippen LogP contribution in [0.5, 0.6) is 0 Å². The van der Waals surface area contributed by atoms with Gasteiger partial charge in [-0.3, -0.25) is 0 Å². The molecule has 1 aliphatic rings. The first-order chi connectivity index (χ1) is 8.52. The summed E-state index contributed by atoms with van der Waals surface area (Å²) < 4.78 is 0. The van der Waals surface area contributed by atoms with Crippen molar-refractivity contribution in [1.82, 2.24) is 9.97 Å². The molecule has 2 heterocycles. The van der Waals surface area contributed by atoms with E-state index in [0.717, 1.165) is 30.3 Å². The molecule has 1 N–H and O–H groups in total. The van der Waals surface area contributed by atoms with Crippen molar-refractivity contribution >= 4 is 5.69 Å². The molecule has 1 saturated heterocycles.